The maximum atomic E-state index is 5.73. The van der Waals surface area contributed by atoms with Crippen LogP contribution in [0, 0.1) is 0 Å². The largest absolute Gasteiger partial charge is 0.486 e. The lowest BCUT2D eigenvalue weighted by atomic mass is 10.0. The zero-order valence-corrected chi connectivity index (χ0v) is 10.8. The van der Waals surface area contributed by atoms with E-state index in [2.05, 4.69) is 26.0 Å². The summed E-state index contributed by atoms with van der Waals surface area (Å²) >= 11 is 0. The van der Waals surface area contributed by atoms with Gasteiger partial charge in [0, 0.05) is 12.1 Å². The third kappa shape index (κ3) is 2.93. The first kappa shape index (κ1) is 12.7. The van der Waals surface area contributed by atoms with Crippen LogP contribution in [0.25, 0.3) is 0 Å². The van der Waals surface area contributed by atoms with Crippen LogP contribution in [0.2, 0.25) is 0 Å². The standard InChI is InChI=1S/C15H19NO2/c1-11(2)12-4-3-5-14(8-12)18-10-15-13(9-16)6-7-17-15/h3-8,11H,9-10,16H2,1-2H3. The quantitative estimate of drug-likeness (QED) is 0.877. The van der Waals surface area contributed by atoms with Crippen molar-refractivity contribution >= 4 is 0 Å². The molecule has 0 bridgehead atoms. The second-order valence-corrected chi connectivity index (χ2v) is 4.59. The van der Waals surface area contributed by atoms with Crippen LogP contribution < -0.4 is 10.5 Å². The second kappa shape index (κ2) is 5.74. The Hall–Kier alpha value is -1.74. The minimum absolute atomic E-state index is 0.418. The van der Waals surface area contributed by atoms with Gasteiger partial charge in [-0.05, 0) is 29.7 Å². The molecule has 0 spiro atoms. The van der Waals surface area contributed by atoms with Crippen LogP contribution in [0.4, 0.5) is 0 Å². The average Bonchev–Trinajstić information content (AvgIpc) is 2.84. The van der Waals surface area contributed by atoms with E-state index in [-0.39, 0.29) is 0 Å². The molecule has 0 atom stereocenters. The van der Waals surface area contributed by atoms with Crippen molar-refractivity contribution in [3.05, 3.63) is 53.5 Å². The van der Waals surface area contributed by atoms with Gasteiger partial charge in [-0.1, -0.05) is 26.0 Å². The van der Waals surface area contributed by atoms with Crippen molar-refractivity contribution in [1.29, 1.82) is 0 Å². The van der Waals surface area contributed by atoms with Crippen molar-refractivity contribution in [3.63, 3.8) is 0 Å². The summed E-state index contributed by atoms with van der Waals surface area (Å²) in [6.07, 6.45) is 1.64. The summed E-state index contributed by atoms with van der Waals surface area (Å²) in [6.45, 7) is 5.22. The molecule has 0 saturated heterocycles. The maximum Gasteiger partial charge on any atom is 0.146 e. The highest BCUT2D eigenvalue weighted by Gasteiger charge is 2.06. The van der Waals surface area contributed by atoms with Gasteiger partial charge in [-0.15, -0.1) is 0 Å². The number of nitrogens with two attached hydrogens (primary N) is 1. The van der Waals surface area contributed by atoms with Crippen molar-refractivity contribution in [1.82, 2.24) is 0 Å². The maximum absolute atomic E-state index is 5.73. The summed E-state index contributed by atoms with van der Waals surface area (Å²) in [4.78, 5) is 0. The summed E-state index contributed by atoms with van der Waals surface area (Å²) in [6, 6.07) is 10.0. The van der Waals surface area contributed by atoms with E-state index in [1.54, 1.807) is 6.26 Å². The molecule has 0 amide bonds. The number of ether oxygens (including phenoxy) is 1. The number of hydrogen-bond donors (Lipinski definition) is 1. The van der Waals surface area contributed by atoms with Gasteiger partial charge in [0.15, 0.2) is 0 Å². The van der Waals surface area contributed by atoms with Gasteiger partial charge in [0.05, 0.1) is 6.26 Å². The molecule has 1 heterocycles. The van der Waals surface area contributed by atoms with Crippen LogP contribution in [-0.2, 0) is 13.2 Å². The fourth-order valence-electron chi connectivity index (χ4n) is 1.79. The lowest BCUT2D eigenvalue weighted by Crippen LogP contribution is -2.02. The third-order valence-corrected chi connectivity index (χ3v) is 2.95. The first-order valence-electron chi connectivity index (χ1n) is 6.18. The second-order valence-electron chi connectivity index (χ2n) is 4.59. The van der Waals surface area contributed by atoms with E-state index in [0.29, 0.717) is 19.1 Å². The van der Waals surface area contributed by atoms with E-state index >= 15 is 0 Å². The monoisotopic (exact) mass is 245 g/mol. The zero-order valence-electron chi connectivity index (χ0n) is 10.8. The van der Waals surface area contributed by atoms with Crippen molar-refractivity contribution in [2.75, 3.05) is 0 Å². The van der Waals surface area contributed by atoms with Gasteiger partial charge in [0.25, 0.3) is 0 Å². The highest BCUT2D eigenvalue weighted by atomic mass is 16.5. The Morgan fingerprint density at radius 2 is 2.11 bits per heavy atom. The molecule has 0 aliphatic carbocycles. The van der Waals surface area contributed by atoms with Crippen LogP contribution in [-0.4, -0.2) is 0 Å². The smallest absolute Gasteiger partial charge is 0.146 e. The first-order chi connectivity index (χ1) is 8.70. The lowest BCUT2D eigenvalue weighted by molar-refractivity contribution is 0.268. The molecule has 0 aliphatic rings. The number of benzene rings is 1. The van der Waals surface area contributed by atoms with E-state index in [9.17, 15) is 0 Å². The number of hydrogen-bond acceptors (Lipinski definition) is 3. The van der Waals surface area contributed by atoms with Gasteiger partial charge in [0.1, 0.15) is 18.1 Å². The molecule has 0 aliphatic heterocycles. The number of furan rings is 1. The Balaban J connectivity index is 2.04. The predicted molar refractivity (Wildman–Crippen MR) is 71.5 cm³/mol. The average molecular weight is 245 g/mol. The molecule has 0 radical (unpaired) electrons. The minimum atomic E-state index is 0.418. The highest BCUT2D eigenvalue weighted by molar-refractivity contribution is 5.30. The van der Waals surface area contributed by atoms with E-state index in [4.69, 9.17) is 14.9 Å². The molecule has 3 heteroatoms. The Bertz CT molecular complexity index is 503. The summed E-state index contributed by atoms with van der Waals surface area (Å²) in [5.41, 5.74) is 7.88. The summed E-state index contributed by atoms with van der Waals surface area (Å²) in [5, 5.41) is 0. The topological polar surface area (TPSA) is 48.4 Å². The van der Waals surface area contributed by atoms with Gasteiger partial charge < -0.3 is 14.9 Å². The van der Waals surface area contributed by atoms with Crippen LogP contribution in [0.3, 0.4) is 0 Å². The van der Waals surface area contributed by atoms with Crippen molar-refractivity contribution in [2.24, 2.45) is 5.73 Å². The van der Waals surface area contributed by atoms with Crippen LogP contribution in [0.1, 0.15) is 36.7 Å². The Morgan fingerprint density at radius 3 is 2.83 bits per heavy atom. The van der Waals surface area contributed by atoms with Gasteiger partial charge in [-0.2, -0.15) is 0 Å². The molecule has 0 unspecified atom stereocenters. The summed E-state index contributed by atoms with van der Waals surface area (Å²) in [5.74, 6) is 2.16. The molecule has 0 fully saturated rings. The van der Waals surface area contributed by atoms with E-state index < -0.39 is 0 Å². The zero-order chi connectivity index (χ0) is 13.0. The van der Waals surface area contributed by atoms with Crippen molar-refractivity contribution in [3.8, 4) is 5.75 Å². The summed E-state index contributed by atoms with van der Waals surface area (Å²) in [7, 11) is 0. The first-order valence-corrected chi connectivity index (χ1v) is 6.18. The van der Waals surface area contributed by atoms with Crippen LogP contribution in [0.15, 0.2) is 41.0 Å². The van der Waals surface area contributed by atoms with Gasteiger partial charge in [-0.25, -0.2) is 0 Å². The fourth-order valence-corrected chi connectivity index (χ4v) is 1.79. The molecule has 2 rings (SSSR count). The lowest BCUT2D eigenvalue weighted by Gasteiger charge is -2.09. The van der Waals surface area contributed by atoms with Crippen molar-refractivity contribution < 1.29 is 9.15 Å². The van der Waals surface area contributed by atoms with Gasteiger partial charge in [0.2, 0.25) is 0 Å². The SMILES string of the molecule is CC(C)c1cccc(OCc2occc2CN)c1. The molecular weight excluding hydrogens is 226 g/mol. The minimum Gasteiger partial charge on any atom is -0.486 e. The van der Waals surface area contributed by atoms with Gasteiger partial charge in [-0.3, -0.25) is 0 Å². The molecule has 2 aromatic rings. The highest BCUT2D eigenvalue weighted by Crippen LogP contribution is 2.21. The molecular formula is C15H19NO2. The van der Waals surface area contributed by atoms with E-state index in [1.165, 1.54) is 5.56 Å². The Kier molecular flexibility index (Phi) is 4.05. The predicted octanol–water partition coefficient (Wildman–Crippen LogP) is 3.44. The van der Waals surface area contributed by atoms with E-state index in [1.807, 2.05) is 18.2 Å². The van der Waals surface area contributed by atoms with Crippen molar-refractivity contribution in [2.45, 2.75) is 32.9 Å². The van der Waals surface area contributed by atoms with E-state index in [0.717, 1.165) is 17.1 Å². The normalized spacial score (nSPS) is 10.9. The molecule has 2 N–H and O–H groups in total. The molecule has 3 nitrogen and oxygen atoms in total. The fraction of sp³-hybridized carbons (Fsp3) is 0.333. The van der Waals surface area contributed by atoms with Crippen LogP contribution >= 0.6 is 0 Å². The summed E-state index contributed by atoms with van der Waals surface area (Å²) < 4.78 is 11.1. The molecule has 1 aromatic carbocycles. The Labute approximate surface area is 108 Å². The molecule has 18 heavy (non-hydrogen) atoms. The molecule has 96 valence electrons. The molecule has 1 aromatic heterocycles. The number of rotatable bonds is 5. The van der Waals surface area contributed by atoms with Gasteiger partial charge >= 0.3 is 0 Å². The third-order valence-electron chi connectivity index (χ3n) is 2.95. The molecule has 0 saturated carbocycles. The Morgan fingerprint density at radius 1 is 1.28 bits per heavy atom. The van der Waals surface area contributed by atoms with Crippen LogP contribution in [0.5, 0.6) is 5.75 Å².